The third-order valence-electron chi connectivity index (χ3n) is 6.97. The summed E-state index contributed by atoms with van der Waals surface area (Å²) in [6.07, 6.45) is 14.7. The van der Waals surface area contributed by atoms with Crippen molar-refractivity contribution in [3.63, 3.8) is 0 Å². The van der Waals surface area contributed by atoms with Crippen molar-refractivity contribution >= 4 is 0 Å². The van der Waals surface area contributed by atoms with Crippen LogP contribution in [-0.4, -0.2) is 0 Å². The second-order valence-electron chi connectivity index (χ2n) is 8.18. The first-order chi connectivity index (χ1) is 10.3. The predicted molar refractivity (Wildman–Crippen MR) is 89.5 cm³/mol. The topological polar surface area (TPSA) is 0 Å². The Bertz CT molecular complexity index is 497. The molecule has 4 rings (SSSR count). The van der Waals surface area contributed by atoms with E-state index in [2.05, 4.69) is 31.2 Å². The monoisotopic (exact) mass is 282 g/mol. The first kappa shape index (κ1) is 13.9. The zero-order chi connectivity index (χ0) is 14.3. The lowest BCUT2D eigenvalue weighted by atomic mass is 9.75. The minimum Gasteiger partial charge on any atom is -0.0622 e. The van der Waals surface area contributed by atoms with Gasteiger partial charge in [-0.25, -0.2) is 0 Å². The molecule has 21 heavy (non-hydrogen) atoms. The second-order valence-corrected chi connectivity index (χ2v) is 8.18. The number of hydrogen-bond donors (Lipinski definition) is 0. The molecule has 3 unspecified atom stereocenters. The first-order valence-corrected chi connectivity index (χ1v) is 9.38. The molecule has 0 bridgehead atoms. The zero-order valence-electron chi connectivity index (χ0n) is 13.6. The Labute approximate surface area is 130 Å². The van der Waals surface area contributed by atoms with Crippen molar-refractivity contribution in [1.29, 1.82) is 0 Å². The third-order valence-corrected chi connectivity index (χ3v) is 6.97. The van der Waals surface area contributed by atoms with Gasteiger partial charge in [-0.3, -0.25) is 0 Å². The normalized spacial score (nSPS) is 33.7. The zero-order valence-corrected chi connectivity index (χ0v) is 13.6. The summed E-state index contributed by atoms with van der Waals surface area (Å²) in [5, 5.41) is 0. The molecule has 0 saturated heterocycles. The fourth-order valence-electron chi connectivity index (χ4n) is 5.62. The fourth-order valence-corrected chi connectivity index (χ4v) is 5.62. The van der Waals surface area contributed by atoms with Crippen LogP contribution in [0.25, 0.3) is 0 Å². The van der Waals surface area contributed by atoms with Crippen LogP contribution in [0.3, 0.4) is 0 Å². The van der Waals surface area contributed by atoms with E-state index in [1.165, 1.54) is 64.2 Å². The van der Waals surface area contributed by atoms with E-state index in [1.54, 1.807) is 11.1 Å². The number of hydrogen-bond acceptors (Lipinski definition) is 0. The Balaban J connectivity index is 1.45. The van der Waals surface area contributed by atoms with Gasteiger partial charge < -0.3 is 0 Å². The molecule has 0 N–H and O–H groups in total. The van der Waals surface area contributed by atoms with Gasteiger partial charge in [0.15, 0.2) is 0 Å². The summed E-state index contributed by atoms with van der Waals surface area (Å²) < 4.78 is 0. The van der Waals surface area contributed by atoms with Crippen molar-refractivity contribution in [3.05, 3.63) is 35.4 Å². The maximum atomic E-state index is 2.55. The van der Waals surface area contributed by atoms with Crippen LogP contribution in [0.2, 0.25) is 0 Å². The van der Waals surface area contributed by atoms with Gasteiger partial charge in [0.05, 0.1) is 0 Å². The maximum absolute atomic E-state index is 2.55. The molecular formula is C21H30. The number of aryl methyl sites for hydroxylation is 1. The van der Waals surface area contributed by atoms with E-state index < -0.39 is 0 Å². The number of rotatable bonds is 3. The van der Waals surface area contributed by atoms with E-state index in [9.17, 15) is 0 Å². The van der Waals surface area contributed by atoms with Crippen molar-refractivity contribution in [2.45, 2.75) is 76.5 Å². The van der Waals surface area contributed by atoms with Gasteiger partial charge in [0, 0.05) is 0 Å². The molecule has 0 nitrogen and oxygen atoms in total. The molecule has 1 spiro atoms. The smallest absolute Gasteiger partial charge is 0.00125 e. The largest absolute Gasteiger partial charge is 0.0622 e. The van der Waals surface area contributed by atoms with E-state index in [1.807, 2.05) is 0 Å². The van der Waals surface area contributed by atoms with Gasteiger partial charge in [-0.05, 0) is 66.4 Å². The molecule has 114 valence electrons. The molecule has 1 aromatic carbocycles. The lowest BCUT2D eigenvalue weighted by Crippen LogP contribution is -2.21. The summed E-state index contributed by atoms with van der Waals surface area (Å²) in [6.45, 7) is 2.55. The third kappa shape index (κ3) is 2.45. The molecule has 0 heteroatoms. The maximum Gasteiger partial charge on any atom is -0.00125 e. The van der Waals surface area contributed by atoms with Gasteiger partial charge in [-0.2, -0.15) is 0 Å². The van der Waals surface area contributed by atoms with Gasteiger partial charge in [0.25, 0.3) is 0 Å². The SMILES string of the molecule is CC(CC1CC12CCCc1ccccc12)C1CCCCC1. The molecule has 0 amide bonds. The van der Waals surface area contributed by atoms with Gasteiger partial charge >= 0.3 is 0 Å². The van der Waals surface area contributed by atoms with E-state index in [-0.39, 0.29) is 0 Å². The highest BCUT2D eigenvalue weighted by Gasteiger charge is 2.56. The first-order valence-electron chi connectivity index (χ1n) is 9.38. The Morgan fingerprint density at radius 2 is 1.90 bits per heavy atom. The summed E-state index contributed by atoms with van der Waals surface area (Å²) in [4.78, 5) is 0. The summed E-state index contributed by atoms with van der Waals surface area (Å²) in [5.41, 5.74) is 4.01. The van der Waals surface area contributed by atoms with Crippen LogP contribution in [0.4, 0.5) is 0 Å². The van der Waals surface area contributed by atoms with Crippen LogP contribution in [-0.2, 0) is 11.8 Å². The van der Waals surface area contributed by atoms with E-state index >= 15 is 0 Å². The Morgan fingerprint density at radius 3 is 2.76 bits per heavy atom. The van der Waals surface area contributed by atoms with Crippen molar-refractivity contribution in [2.24, 2.45) is 17.8 Å². The Morgan fingerprint density at radius 1 is 1.10 bits per heavy atom. The van der Waals surface area contributed by atoms with Crippen LogP contribution in [0.15, 0.2) is 24.3 Å². The minimum atomic E-state index is 0.609. The quantitative estimate of drug-likeness (QED) is 0.648. The minimum absolute atomic E-state index is 0.609. The molecule has 3 aliphatic carbocycles. The van der Waals surface area contributed by atoms with Crippen LogP contribution < -0.4 is 0 Å². The van der Waals surface area contributed by atoms with E-state index in [0.29, 0.717) is 5.41 Å². The highest BCUT2D eigenvalue weighted by Crippen LogP contribution is 2.62. The number of fused-ring (bicyclic) bond motifs is 2. The van der Waals surface area contributed by atoms with Gasteiger partial charge in [0.1, 0.15) is 0 Å². The summed E-state index contributed by atoms with van der Waals surface area (Å²) in [7, 11) is 0. The standard InChI is InChI=1S/C21H30/c1-16(17-8-3-2-4-9-17)14-19-15-21(19)13-7-11-18-10-5-6-12-20(18)21/h5-6,10,12,16-17,19H,2-4,7-9,11,13-15H2,1H3. The second kappa shape index (κ2) is 5.45. The van der Waals surface area contributed by atoms with Crippen molar-refractivity contribution in [2.75, 3.05) is 0 Å². The van der Waals surface area contributed by atoms with E-state index in [4.69, 9.17) is 0 Å². The van der Waals surface area contributed by atoms with E-state index in [0.717, 1.165) is 17.8 Å². The summed E-state index contributed by atoms with van der Waals surface area (Å²) in [6, 6.07) is 9.34. The average Bonchev–Trinajstić information content (AvgIpc) is 3.21. The lowest BCUT2D eigenvalue weighted by molar-refractivity contribution is 0.239. The molecule has 2 fully saturated rings. The van der Waals surface area contributed by atoms with Gasteiger partial charge in [-0.15, -0.1) is 0 Å². The van der Waals surface area contributed by atoms with Crippen LogP contribution in [0, 0.1) is 17.8 Å². The summed E-state index contributed by atoms with van der Waals surface area (Å²) >= 11 is 0. The average molecular weight is 282 g/mol. The highest BCUT2D eigenvalue weighted by atomic mass is 14.6. The molecular weight excluding hydrogens is 252 g/mol. The number of benzene rings is 1. The van der Waals surface area contributed by atoms with Crippen molar-refractivity contribution in [3.8, 4) is 0 Å². The van der Waals surface area contributed by atoms with Crippen LogP contribution >= 0.6 is 0 Å². The lowest BCUT2D eigenvalue weighted by Gasteiger charge is -2.30. The molecule has 0 aliphatic heterocycles. The molecule has 3 atom stereocenters. The fraction of sp³-hybridized carbons (Fsp3) is 0.714. The molecule has 1 aromatic rings. The molecule has 0 heterocycles. The molecule has 3 aliphatic rings. The molecule has 0 radical (unpaired) electrons. The Hall–Kier alpha value is -0.780. The van der Waals surface area contributed by atoms with Gasteiger partial charge in [0.2, 0.25) is 0 Å². The van der Waals surface area contributed by atoms with Crippen molar-refractivity contribution in [1.82, 2.24) is 0 Å². The highest BCUT2D eigenvalue weighted by molar-refractivity contribution is 5.42. The van der Waals surface area contributed by atoms with Crippen LogP contribution in [0.1, 0.15) is 75.8 Å². The Kier molecular flexibility index (Phi) is 3.59. The van der Waals surface area contributed by atoms with Gasteiger partial charge in [-0.1, -0.05) is 63.3 Å². The van der Waals surface area contributed by atoms with Crippen LogP contribution in [0.5, 0.6) is 0 Å². The molecule has 2 saturated carbocycles. The van der Waals surface area contributed by atoms with Crippen molar-refractivity contribution < 1.29 is 0 Å². The summed E-state index contributed by atoms with van der Waals surface area (Å²) in [5.74, 6) is 3.00. The molecule has 0 aromatic heterocycles. The predicted octanol–water partition coefficient (Wildman–Crippen LogP) is 5.89.